The molecule has 3 heterocycles. The maximum Gasteiger partial charge on any atom is 0.331 e. The van der Waals surface area contributed by atoms with Gasteiger partial charge in [0.2, 0.25) is 5.88 Å². The highest BCUT2D eigenvalue weighted by Crippen LogP contribution is 2.45. The number of nitrogens with zero attached hydrogens (tertiary/aromatic N) is 3. The minimum atomic E-state index is -0.833. The van der Waals surface area contributed by atoms with Crippen molar-refractivity contribution in [2.75, 3.05) is 26.8 Å². The maximum atomic E-state index is 12.2. The lowest BCUT2D eigenvalue weighted by atomic mass is 9.64. The number of amidine groups is 1. The van der Waals surface area contributed by atoms with Gasteiger partial charge in [-0.3, -0.25) is 29.4 Å². The first-order chi connectivity index (χ1) is 19.4. The maximum absolute atomic E-state index is 12.2. The lowest BCUT2D eigenvalue weighted by Gasteiger charge is -2.42. The second kappa shape index (κ2) is 15.2. The number of hydrogen-bond donors (Lipinski definition) is 4. The van der Waals surface area contributed by atoms with Gasteiger partial charge in [-0.05, 0) is 30.6 Å². The lowest BCUT2D eigenvalue weighted by molar-refractivity contribution is -0.128. The fourth-order valence-corrected chi connectivity index (χ4v) is 5.73. The van der Waals surface area contributed by atoms with Crippen LogP contribution >= 0.6 is 0 Å². The van der Waals surface area contributed by atoms with E-state index in [1.807, 2.05) is 13.8 Å². The number of aromatic hydroxyl groups is 1. The number of imide groups is 1. The molecule has 1 aliphatic carbocycles. The molecule has 5 N–H and O–H groups in total. The summed E-state index contributed by atoms with van der Waals surface area (Å²) in [4.78, 5) is 52.6. The topological polar surface area (TPSA) is 175 Å². The van der Waals surface area contributed by atoms with Crippen LogP contribution in [-0.2, 0) is 16.1 Å². The second-order valence-electron chi connectivity index (χ2n) is 11.9. The summed E-state index contributed by atoms with van der Waals surface area (Å²) in [5.74, 6) is -0.428. The zero-order chi connectivity index (χ0) is 30.9. The van der Waals surface area contributed by atoms with Crippen LogP contribution in [0.25, 0.3) is 0 Å². The van der Waals surface area contributed by atoms with E-state index < -0.39 is 23.0 Å². The van der Waals surface area contributed by atoms with Crippen LogP contribution in [0.5, 0.6) is 5.88 Å². The van der Waals surface area contributed by atoms with Crippen molar-refractivity contribution in [2.24, 2.45) is 23.0 Å². The van der Waals surface area contributed by atoms with Gasteiger partial charge in [0.15, 0.2) is 0 Å². The van der Waals surface area contributed by atoms with Gasteiger partial charge in [-0.25, -0.2) is 9.59 Å². The van der Waals surface area contributed by atoms with Crippen molar-refractivity contribution in [3.05, 3.63) is 26.4 Å². The fraction of sp³-hybridized carbons (Fsp3) is 0.759. The van der Waals surface area contributed by atoms with Gasteiger partial charge in [0.25, 0.3) is 11.5 Å². The molecule has 2 saturated heterocycles. The number of ether oxygens (including phenoxy) is 1. The molecule has 1 unspecified atom stereocenters. The number of hydrogen-bond acceptors (Lipinski definition) is 7. The van der Waals surface area contributed by atoms with Gasteiger partial charge >= 0.3 is 11.7 Å². The number of nitrogens with two attached hydrogens (primary N) is 1. The number of urea groups is 1. The molecule has 1 aromatic rings. The largest absolute Gasteiger partial charge is 0.494 e. The number of carbonyl (C=O) groups excluding carboxylic acids is 2. The highest BCUT2D eigenvalue weighted by Gasteiger charge is 2.43. The van der Waals surface area contributed by atoms with E-state index in [9.17, 15) is 24.3 Å². The summed E-state index contributed by atoms with van der Waals surface area (Å²) in [6.07, 6.45) is 8.56. The van der Waals surface area contributed by atoms with Crippen LogP contribution < -0.4 is 17.0 Å². The molecule has 3 fully saturated rings. The van der Waals surface area contributed by atoms with Gasteiger partial charge in [0.1, 0.15) is 17.4 Å². The minimum absolute atomic E-state index is 0.0364. The minimum Gasteiger partial charge on any atom is -0.494 e. The molecule has 0 radical (unpaired) electrons. The number of H-pyrrole nitrogens is 1. The molecule has 0 bridgehead atoms. The number of amides is 3. The number of unbranched alkanes of at least 4 members (excludes halogenated alkanes) is 4. The van der Waals surface area contributed by atoms with Crippen molar-refractivity contribution in [2.45, 2.75) is 98.6 Å². The lowest BCUT2D eigenvalue weighted by Crippen LogP contribution is -2.44. The van der Waals surface area contributed by atoms with Gasteiger partial charge in [-0.15, -0.1) is 0 Å². The Morgan fingerprint density at radius 2 is 1.66 bits per heavy atom. The SMILES string of the molecule is CC.CC1(C)CC(Cn2c(O)c(C(=N)N)c(=O)[nH]c2=O)C1.CCCCCCCC1C(=O)N(C)C(=O)N1CC1COC1. The highest BCUT2D eigenvalue weighted by atomic mass is 16.5. The average molecular weight is 579 g/mol. The number of nitrogens with one attached hydrogen (secondary N) is 2. The summed E-state index contributed by atoms with van der Waals surface area (Å²) in [7, 11) is 1.59. The van der Waals surface area contributed by atoms with Crippen molar-refractivity contribution in [1.82, 2.24) is 19.4 Å². The molecule has 12 nitrogen and oxygen atoms in total. The van der Waals surface area contributed by atoms with Gasteiger partial charge in [0, 0.05) is 26.1 Å². The molecule has 4 rings (SSSR count). The van der Waals surface area contributed by atoms with E-state index >= 15 is 0 Å². The highest BCUT2D eigenvalue weighted by molar-refractivity contribution is 6.03. The van der Waals surface area contributed by atoms with Crippen molar-refractivity contribution in [3.8, 4) is 5.88 Å². The Balaban J connectivity index is 0.000000271. The van der Waals surface area contributed by atoms with Gasteiger partial charge in [-0.1, -0.05) is 66.7 Å². The molecule has 232 valence electrons. The smallest absolute Gasteiger partial charge is 0.331 e. The molecule has 1 saturated carbocycles. The van der Waals surface area contributed by atoms with E-state index in [4.69, 9.17) is 15.9 Å². The van der Waals surface area contributed by atoms with Crippen LogP contribution in [0.4, 0.5) is 4.79 Å². The Morgan fingerprint density at radius 3 is 2.17 bits per heavy atom. The van der Waals surface area contributed by atoms with Crippen LogP contribution in [0.15, 0.2) is 9.59 Å². The molecule has 3 aliphatic rings. The normalized spacial score (nSPS) is 20.0. The van der Waals surface area contributed by atoms with Crippen molar-refractivity contribution in [1.29, 1.82) is 5.41 Å². The molecule has 0 spiro atoms. The number of rotatable bonds is 11. The Labute approximate surface area is 242 Å². The first-order valence-corrected chi connectivity index (χ1v) is 14.9. The van der Waals surface area contributed by atoms with Crippen LogP contribution in [0, 0.1) is 22.7 Å². The molecule has 1 aromatic heterocycles. The van der Waals surface area contributed by atoms with E-state index in [0.29, 0.717) is 32.2 Å². The molecular weight excluding hydrogens is 528 g/mol. The van der Waals surface area contributed by atoms with E-state index in [1.54, 1.807) is 11.9 Å². The summed E-state index contributed by atoms with van der Waals surface area (Å²) >= 11 is 0. The zero-order valence-corrected chi connectivity index (χ0v) is 25.6. The van der Waals surface area contributed by atoms with E-state index in [-0.39, 0.29) is 34.9 Å². The first kappa shape index (κ1) is 34.1. The van der Waals surface area contributed by atoms with Crippen molar-refractivity contribution >= 4 is 17.8 Å². The van der Waals surface area contributed by atoms with Gasteiger partial charge in [0.05, 0.1) is 13.2 Å². The Bertz CT molecular complexity index is 1160. The summed E-state index contributed by atoms with van der Waals surface area (Å²) in [6.45, 7) is 12.9. The third kappa shape index (κ3) is 8.67. The van der Waals surface area contributed by atoms with E-state index in [0.717, 1.165) is 36.7 Å². The molecular formula is C29H50N6O6. The predicted octanol–water partition coefficient (Wildman–Crippen LogP) is 3.24. The van der Waals surface area contributed by atoms with Crippen LogP contribution in [0.1, 0.15) is 91.5 Å². The van der Waals surface area contributed by atoms with Crippen LogP contribution in [-0.4, -0.2) is 75.1 Å². The Kier molecular flexibility index (Phi) is 12.6. The summed E-state index contributed by atoms with van der Waals surface area (Å²) in [6, 6.07) is -0.379. The quantitative estimate of drug-likeness (QED) is 0.135. The third-order valence-electron chi connectivity index (χ3n) is 7.83. The fourth-order valence-electron chi connectivity index (χ4n) is 5.73. The Hall–Kier alpha value is -3.15. The molecule has 1 atom stereocenters. The summed E-state index contributed by atoms with van der Waals surface area (Å²) < 4.78 is 6.24. The van der Waals surface area contributed by atoms with Gasteiger partial charge in [-0.2, -0.15) is 0 Å². The number of carbonyl (C=O) groups is 2. The number of likely N-dealkylation sites (N-methyl/N-ethyl adjacent to an activating group) is 1. The number of nitrogen functional groups attached to an aromatic ring is 1. The summed E-state index contributed by atoms with van der Waals surface area (Å²) in [5.41, 5.74) is 3.65. The predicted molar refractivity (Wildman–Crippen MR) is 158 cm³/mol. The second-order valence-corrected chi connectivity index (χ2v) is 11.9. The van der Waals surface area contributed by atoms with Gasteiger partial charge < -0.3 is 20.5 Å². The standard InChI is InChI=1S/C15H26N2O3.C12H18N4O3.C2H6/c1-3-4-5-6-7-8-13-14(18)16(2)15(19)17(13)9-12-10-20-11-12;1-12(2)3-6(4-12)5-16-10(18)7(8(13)14)9(17)15-11(16)19;1-2/h12-13H,3-11H2,1-2H3;6,18H,3-5H2,1-2H3,(H3,13,14)(H,15,17,19);1-2H3. The van der Waals surface area contributed by atoms with Crippen LogP contribution in [0.3, 0.4) is 0 Å². The molecule has 41 heavy (non-hydrogen) atoms. The molecule has 0 aromatic carbocycles. The number of aromatic amines is 1. The first-order valence-electron chi connectivity index (χ1n) is 14.9. The third-order valence-corrected chi connectivity index (χ3v) is 7.83. The number of aromatic nitrogens is 2. The average Bonchev–Trinajstić information content (AvgIpc) is 3.06. The monoisotopic (exact) mass is 578 g/mol. The van der Waals surface area contributed by atoms with Crippen molar-refractivity contribution in [3.63, 3.8) is 0 Å². The van der Waals surface area contributed by atoms with Crippen LogP contribution in [0.2, 0.25) is 0 Å². The Morgan fingerprint density at radius 1 is 1.05 bits per heavy atom. The zero-order valence-electron chi connectivity index (χ0n) is 25.6. The molecule has 12 heteroatoms. The summed E-state index contributed by atoms with van der Waals surface area (Å²) in [5, 5.41) is 17.2. The molecule has 3 amide bonds. The molecule has 2 aliphatic heterocycles. The van der Waals surface area contributed by atoms with E-state index in [2.05, 4.69) is 25.8 Å². The van der Waals surface area contributed by atoms with Crippen molar-refractivity contribution < 1.29 is 19.4 Å². The van der Waals surface area contributed by atoms with E-state index in [1.165, 1.54) is 24.2 Å².